The molecule has 0 amide bonds. The quantitative estimate of drug-likeness (QED) is 0.287. The van der Waals surface area contributed by atoms with Crippen LogP contribution in [0, 0.1) is 0 Å². The Morgan fingerprint density at radius 3 is 2.25 bits per heavy atom. The molecule has 0 aromatic heterocycles. The van der Waals surface area contributed by atoms with Gasteiger partial charge in [-0.2, -0.15) is 0 Å². The molecular weight excluding hydrogens is 164 g/mol. The smallest absolute Gasteiger partial charge is 0.182 e. The molecular formula is C6H14N2O4. The van der Waals surface area contributed by atoms with Crippen LogP contribution < -0.4 is 11.5 Å². The average Bonchev–Trinajstić information content (AvgIpc) is 2.08. The summed E-state index contributed by atoms with van der Waals surface area (Å²) in [6, 6.07) is -0.915. The lowest BCUT2D eigenvalue weighted by Gasteiger charge is -2.38. The summed E-state index contributed by atoms with van der Waals surface area (Å²) in [5, 5.41) is 27.5. The standard InChI is InChI=1S/C6H14N2O4/c7-1-2-4(9)3(8)5(10)6(11)12-2/h2-6,9-11H,1,7-8H2/t2-,3-,4+,5+,6?/m1/s1. The number of aliphatic hydroxyl groups excluding tert-OH is 3. The first-order chi connectivity index (χ1) is 5.57. The summed E-state index contributed by atoms with van der Waals surface area (Å²) in [7, 11) is 0. The van der Waals surface area contributed by atoms with E-state index in [4.69, 9.17) is 26.4 Å². The molecule has 1 fully saturated rings. The molecule has 1 saturated heterocycles. The van der Waals surface area contributed by atoms with Crippen LogP contribution in [0.15, 0.2) is 0 Å². The van der Waals surface area contributed by atoms with Gasteiger partial charge < -0.3 is 31.5 Å². The minimum atomic E-state index is -1.36. The van der Waals surface area contributed by atoms with Crippen molar-refractivity contribution in [2.75, 3.05) is 6.54 Å². The van der Waals surface area contributed by atoms with Gasteiger partial charge in [0.1, 0.15) is 12.2 Å². The maximum atomic E-state index is 9.32. The summed E-state index contributed by atoms with van der Waals surface area (Å²) in [5.74, 6) is 0. The molecule has 1 aliphatic heterocycles. The summed E-state index contributed by atoms with van der Waals surface area (Å²) in [4.78, 5) is 0. The normalized spacial score (nSPS) is 49.2. The summed E-state index contributed by atoms with van der Waals surface area (Å²) >= 11 is 0. The van der Waals surface area contributed by atoms with Crippen molar-refractivity contribution in [3.8, 4) is 0 Å². The minimum Gasteiger partial charge on any atom is -0.389 e. The van der Waals surface area contributed by atoms with Crippen LogP contribution in [0.1, 0.15) is 0 Å². The Morgan fingerprint density at radius 2 is 1.75 bits per heavy atom. The number of nitrogens with two attached hydrogens (primary N) is 2. The maximum absolute atomic E-state index is 9.32. The zero-order chi connectivity index (χ0) is 9.30. The fraction of sp³-hybridized carbons (Fsp3) is 1.00. The van der Waals surface area contributed by atoms with Crippen molar-refractivity contribution in [1.29, 1.82) is 0 Å². The molecule has 72 valence electrons. The lowest BCUT2D eigenvalue weighted by atomic mass is 9.97. The first-order valence-corrected chi connectivity index (χ1v) is 3.73. The highest BCUT2D eigenvalue weighted by molar-refractivity contribution is 4.91. The molecule has 0 aromatic rings. The van der Waals surface area contributed by atoms with Crippen LogP contribution in [0.4, 0.5) is 0 Å². The van der Waals surface area contributed by atoms with Gasteiger partial charge in [0.25, 0.3) is 0 Å². The number of hydrogen-bond donors (Lipinski definition) is 5. The zero-order valence-corrected chi connectivity index (χ0v) is 6.50. The highest BCUT2D eigenvalue weighted by Gasteiger charge is 2.40. The van der Waals surface area contributed by atoms with E-state index in [1.54, 1.807) is 0 Å². The van der Waals surface area contributed by atoms with Crippen molar-refractivity contribution in [3.63, 3.8) is 0 Å². The van der Waals surface area contributed by atoms with Gasteiger partial charge >= 0.3 is 0 Å². The largest absolute Gasteiger partial charge is 0.389 e. The summed E-state index contributed by atoms with van der Waals surface area (Å²) in [5.41, 5.74) is 10.6. The third-order valence-corrected chi connectivity index (χ3v) is 2.01. The van der Waals surface area contributed by atoms with E-state index in [1.807, 2.05) is 0 Å². The number of hydrogen-bond acceptors (Lipinski definition) is 6. The molecule has 0 saturated carbocycles. The van der Waals surface area contributed by atoms with Crippen molar-refractivity contribution in [1.82, 2.24) is 0 Å². The van der Waals surface area contributed by atoms with E-state index < -0.39 is 30.6 Å². The lowest BCUT2D eigenvalue weighted by Crippen LogP contribution is -2.62. The van der Waals surface area contributed by atoms with Crippen molar-refractivity contribution in [3.05, 3.63) is 0 Å². The average molecular weight is 178 g/mol. The summed E-state index contributed by atoms with van der Waals surface area (Å²) in [6.07, 6.45) is -4.37. The zero-order valence-electron chi connectivity index (χ0n) is 6.50. The Kier molecular flexibility index (Phi) is 2.99. The molecule has 5 atom stereocenters. The second-order valence-electron chi connectivity index (χ2n) is 2.86. The lowest BCUT2D eigenvalue weighted by molar-refractivity contribution is -0.249. The van der Waals surface area contributed by atoms with Crippen molar-refractivity contribution < 1.29 is 20.1 Å². The molecule has 0 radical (unpaired) electrons. The summed E-state index contributed by atoms with van der Waals surface area (Å²) in [6.45, 7) is 0.0542. The monoisotopic (exact) mass is 178 g/mol. The molecule has 6 heteroatoms. The SMILES string of the molecule is NC[C@H]1OC(O)[C@@H](O)[C@H](N)[C@H]1O. The van der Waals surface area contributed by atoms with Gasteiger partial charge in [-0.3, -0.25) is 0 Å². The molecule has 0 spiro atoms. The van der Waals surface area contributed by atoms with Gasteiger partial charge in [-0.25, -0.2) is 0 Å². The molecule has 1 rings (SSSR count). The van der Waals surface area contributed by atoms with Crippen LogP contribution in [0.25, 0.3) is 0 Å². The molecule has 0 aliphatic carbocycles. The molecule has 7 N–H and O–H groups in total. The second kappa shape index (κ2) is 3.65. The Balaban J connectivity index is 2.63. The van der Waals surface area contributed by atoms with E-state index in [9.17, 15) is 5.11 Å². The van der Waals surface area contributed by atoms with Crippen LogP contribution in [0.2, 0.25) is 0 Å². The molecule has 6 nitrogen and oxygen atoms in total. The van der Waals surface area contributed by atoms with Gasteiger partial charge in [0.15, 0.2) is 6.29 Å². The van der Waals surface area contributed by atoms with Crippen molar-refractivity contribution in [2.24, 2.45) is 11.5 Å². The Labute approximate surface area is 69.7 Å². The van der Waals surface area contributed by atoms with Gasteiger partial charge in [-0.1, -0.05) is 0 Å². The van der Waals surface area contributed by atoms with Crippen LogP contribution in [-0.4, -0.2) is 52.5 Å². The van der Waals surface area contributed by atoms with E-state index in [2.05, 4.69) is 0 Å². The van der Waals surface area contributed by atoms with Crippen molar-refractivity contribution in [2.45, 2.75) is 30.6 Å². The van der Waals surface area contributed by atoms with Crippen LogP contribution in [0.3, 0.4) is 0 Å². The van der Waals surface area contributed by atoms with Gasteiger partial charge in [0.2, 0.25) is 0 Å². The van der Waals surface area contributed by atoms with Crippen LogP contribution in [-0.2, 0) is 4.74 Å². The Hall–Kier alpha value is -0.240. The highest BCUT2D eigenvalue weighted by Crippen LogP contribution is 2.17. The molecule has 0 bridgehead atoms. The number of rotatable bonds is 1. The third-order valence-electron chi connectivity index (χ3n) is 2.01. The molecule has 12 heavy (non-hydrogen) atoms. The van der Waals surface area contributed by atoms with Gasteiger partial charge in [0, 0.05) is 6.54 Å². The molecule has 0 aromatic carbocycles. The van der Waals surface area contributed by atoms with E-state index in [-0.39, 0.29) is 6.54 Å². The Bertz CT molecular complexity index is 152. The van der Waals surface area contributed by atoms with Gasteiger partial charge in [-0.05, 0) is 0 Å². The fourth-order valence-corrected chi connectivity index (χ4v) is 1.18. The van der Waals surface area contributed by atoms with Crippen LogP contribution >= 0.6 is 0 Å². The molecule has 1 heterocycles. The molecule has 1 unspecified atom stereocenters. The first-order valence-electron chi connectivity index (χ1n) is 3.73. The number of ether oxygens (including phenoxy) is 1. The predicted molar refractivity (Wildman–Crippen MR) is 39.9 cm³/mol. The van der Waals surface area contributed by atoms with E-state index in [1.165, 1.54) is 0 Å². The minimum absolute atomic E-state index is 0.0542. The second-order valence-corrected chi connectivity index (χ2v) is 2.86. The number of aliphatic hydroxyl groups is 3. The van der Waals surface area contributed by atoms with E-state index in [0.29, 0.717) is 0 Å². The predicted octanol–water partition coefficient (Wildman–Crippen LogP) is -3.29. The fourth-order valence-electron chi connectivity index (χ4n) is 1.18. The molecule has 1 aliphatic rings. The maximum Gasteiger partial charge on any atom is 0.182 e. The topological polar surface area (TPSA) is 122 Å². The summed E-state index contributed by atoms with van der Waals surface area (Å²) < 4.78 is 4.78. The first kappa shape index (κ1) is 9.85. The van der Waals surface area contributed by atoms with Crippen LogP contribution in [0.5, 0.6) is 0 Å². The van der Waals surface area contributed by atoms with Gasteiger partial charge in [-0.15, -0.1) is 0 Å². The Morgan fingerprint density at radius 1 is 1.17 bits per heavy atom. The van der Waals surface area contributed by atoms with E-state index in [0.717, 1.165) is 0 Å². The third kappa shape index (κ3) is 1.58. The van der Waals surface area contributed by atoms with E-state index >= 15 is 0 Å². The van der Waals surface area contributed by atoms with Gasteiger partial charge in [0.05, 0.1) is 12.1 Å². The van der Waals surface area contributed by atoms with Crippen molar-refractivity contribution >= 4 is 0 Å². The highest BCUT2D eigenvalue weighted by atomic mass is 16.6.